The summed E-state index contributed by atoms with van der Waals surface area (Å²) in [5.41, 5.74) is 1.63. The fraction of sp³-hybridized carbons (Fsp3) is 0.600. The lowest BCUT2D eigenvalue weighted by atomic mass is 9.79. The van der Waals surface area contributed by atoms with E-state index in [-0.39, 0.29) is 18.0 Å². The maximum Gasteiger partial charge on any atom is 0.337 e. The smallest absolute Gasteiger partial charge is 0.337 e. The normalized spacial score (nSPS) is 12.0. The Kier molecular flexibility index (Phi) is 9.73. The maximum atomic E-state index is 11.5. The lowest BCUT2D eigenvalue weighted by molar-refractivity contribution is 0.0600. The lowest BCUT2D eigenvalue weighted by Gasteiger charge is -2.32. The zero-order valence-corrected chi connectivity index (χ0v) is 16.5. The van der Waals surface area contributed by atoms with Crippen LogP contribution in [-0.4, -0.2) is 43.8 Å². The molecule has 0 aliphatic rings. The monoisotopic (exact) mass is 363 g/mol. The third-order valence-electron chi connectivity index (χ3n) is 4.91. The van der Waals surface area contributed by atoms with Crippen LogP contribution in [0.3, 0.4) is 0 Å². The van der Waals surface area contributed by atoms with Crippen molar-refractivity contribution in [1.29, 1.82) is 0 Å². The number of benzene rings is 1. The molecule has 26 heavy (non-hydrogen) atoms. The van der Waals surface area contributed by atoms with Crippen LogP contribution < -0.4 is 10.6 Å². The minimum atomic E-state index is -0.339. The second kappa shape index (κ2) is 11.5. The number of carbonyl (C=O) groups is 1. The first-order valence-electron chi connectivity index (χ1n) is 9.34. The Morgan fingerprint density at radius 1 is 1.15 bits per heavy atom. The molecule has 0 heterocycles. The van der Waals surface area contributed by atoms with E-state index in [0.717, 1.165) is 43.9 Å². The molecule has 6 heteroatoms. The third-order valence-corrected chi connectivity index (χ3v) is 4.91. The van der Waals surface area contributed by atoms with Crippen LogP contribution in [0.4, 0.5) is 0 Å². The van der Waals surface area contributed by atoms with Crippen molar-refractivity contribution in [1.82, 2.24) is 10.6 Å². The average molecular weight is 364 g/mol. The number of aliphatic hydroxyl groups is 1. The first-order chi connectivity index (χ1) is 12.5. The molecule has 0 aromatic heterocycles. The predicted octanol–water partition coefficient (Wildman–Crippen LogP) is 2.72. The fourth-order valence-electron chi connectivity index (χ4n) is 2.83. The van der Waals surface area contributed by atoms with Gasteiger partial charge in [0.05, 0.1) is 19.2 Å². The van der Waals surface area contributed by atoms with Gasteiger partial charge in [0.1, 0.15) is 0 Å². The Morgan fingerprint density at radius 3 is 2.31 bits per heavy atom. The molecule has 0 aliphatic heterocycles. The maximum absolute atomic E-state index is 11.5. The van der Waals surface area contributed by atoms with Crippen LogP contribution in [0, 0.1) is 5.41 Å². The summed E-state index contributed by atoms with van der Waals surface area (Å²) in [5.74, 6) is 0.420. The van der Waals surface area contributed by atoms with Gasteiger partial charge in [0, 0.05) is 19.7 Å². The van der Waals surface area contributed by atoms with Crippen LogP contribution in [0.15, 0.2) is 29.3 Å². The van der Waals surface area contributed by atoms with Gasteiger partial charge in [0.2, 0.25) is 0 Å². The first kappa shape index (κ1) is 22.0. The second-order valence-electron chi connectivity index (χ2n) is 6.42. The lowest BCUT2D eigenvalue weighted by Crippen LogP contribution is -2.43. The van der Waals surface area contributed by atoms with Gasteiger partial charge in [-0.2, -0.15) is 0 Å². The van der Waals surface area contributed by atoms with Gasteiger partial charge < -0.3 is 20.5 Å². The molecular weight excluding hydrogens is 330 g/mol. The summed E-state index contributed by atoms with van der Waals surface area (Å²) in [5, 5.41) is 16.0. The average Bonchev–Trinajstić information content (AvgIpc) is 2.68. The predicted molar refractivity (Wildman–Crippen MR) is 105 cm³/mol. The number of methoxy groups -OCH3 is 1. The molecule has 1 rings (SSSR count). The zero-order chi connectivity index (χ0) is 19.4. The van der Waals surface area contributed by atoms with Crippen molar-refractivity contribution in [3.8, 4) is 0 Å². The number of ether oxygens (including phenoxy) is 1. The molecule has 1 aromatic rings. The highest BCUT2D eigenvalue weighted by Gasteiger charge is 2.25. The minimum absolute atomic E-state index is 0.0765. The van der Waals surface area contributed by atoms with Crippen molar-refractivity contribution in [2.75, 3.05) is 26.8 Å². The summed E-state index contributed by atoms with van der Waals surface area (Å²) in [4.78, 5) is 16.1. The molecule has 6 nitrogen and oxygen atoms in total. The number of hydrogen-bond acceptors (Lipinski definition) is 4. The molecule has 0 bridgehead atoms. The molecule has 1 aromatic carbocycles. The van der Waals surface area contributed by atoms with Crippen molar-refractivity contribution in [2.24, 2.45) is 10.4 Å². The molecule has 0 amide bonds. The van der Waals surface area contributed by atoms with E-state index in [4.69, 9.17) is 4.74 Å². The van der Waals surface area contributed by atoms with Crippen molar-refractivity contribution in [3.63, 3.8) is 0 Å². The topological polar surface area (TPSA) is 83.0 Å². The number of aliphatic hydroxyl groups excluding tert-OH is 1. The standard InChI is InChI=1S/C20H33N3O3/c1-5-20(6-2,12-13-24)15-23-19(21-7-3)22-14-16-8-10-17(11-9-16)18(25)26-4/h8-11,24H,5-7,12-15H2,1-4H3,(H2,21,22,23). The van der Waals surface area contributed by atoms with Crippen LogP contribution in [0.5, 0.6) is 0 Å². The van der Waals surface area contributed by atoms with Gasteiger partial charge in [-0.1, -0.05) is 26.0 Å². The highest BCUT2D eigenvalue weighted by molar-refractivity contribution is 5.89. The third kappa shape index (κ3) is 6.67. The number of nitrogens with one attached hydrogen (secondary N) is 2. The van der Waals surface area contributed by atoms with E-state index in [2.05, 4.69) is 29.5 Å². The Balaban J connectivity index is 2.75. The Bertz CT molecular complexity index is 566. The molecule has 0 spiro atoms. The Hall–Kier alpha value is -2.08. The number of hydrogen-bond donors (Lipinski definition) is 3. The van der Waals surface area contributed by atoms with Crippen molar-refractivity contribution in [3.05, 3.63) is 35.4 Å². The summed E-state index contributed by atoms with van der Waals surface area (Å²) in [6.45, 7) is 8.61. The molecule has 0 atom stereocenters. The van der Waals surface area contributed by atoms with E-state index in [9.17, 15) is 9.90 Å². The quantitative estimate of drug-likeness (QED) is 0.338. The Morgan fingerprint density at radius 2 is 1.81 bits per heavy atom. The van der Waals surface area contributed by atoms with Gasteiger partial charge in [-0.05, 0) is 49.3 Å². The van der Waals surface area contributed by atoms with Crippen LogP contribution in [0.25, 0.3) is 0 Å². The van der Waals surface area contributed by atoms with Crippen LogP contribution in [-0.2, 0) is 11.3 Å². The first-order valence-corrected chi connectivity index (χ1v) is 9.34. The molecule has 146 valence electrons. The van der Waals surface area contributed by atoms with Crippen molar-refractivity contribution in [2.45, 2.75) is 46.6 Å². The molecule has 0 unspecified atom stereocenters. The van der Waals surface area contributed by atoms with E-state index in [1.165, 1.54) is 7.11 Å². The van der Waals surface area contributed by atoms with Gasteiger partial charge in [-0.15, -0.1) is 0 Å². The number of carbonyl (C=O) groups excluding carboxylic acids is 1. The SMILES string of the molecule is CCNC(=NCc1ccc(C(=O)OC)cc1)NCC(CC)(CC)CCO. The van der Waals surface area contributed by atoms with Gasteiger partial charge in [-0.3, -0.25) is 0 Å². The summed E-state index contributed by atoms with van der Waals surface area (Å²) in [6.07, 6.45) is 2.79. The van der Waals surface area contributed by atoms with Gasteiger partial charge in [0.15, 0.2) is 5.96 Å². The van der Waals surface area contributed by atoms with E-state index < -0.39 is 0 Å². The summed E-state index contributed by atoms with van der Waals surface area (Å²) in [7, 11) is 1.37. The second-order valence-corrected chi connectivity index (χ2v) is 6.42. The molecular formula is C20H33N3O3. The molecule has 0 fully saturated rings. The number of rotatable bonds is 10. The Labute approximate surface area is 157 Å². The van der Waals surface area contributed by atoms with E-state index in [1.54, 1.807) is 12.1 Å². The summed E-state index contributed by atoms with van der Waals surface area (Å²) < 4.78 is 4.71. The van der Waals surface area contributed by atoms with E-state index in [1.807, 2.05) is 19.1 Å². The van der Waals surface area contributed by atoms with Gasteiger partial charge >= 0.3 is 5.97 Å². The van der Waals surface area contributed by atoms with Crippen molar-refractivity contribution >= 4 is 11.9 Å². The van der Waals surface area contributed by atoms with Gasteiger partial charge in [0.25, 0.3) is 0 Å². The van der Waals surface area contributed by atoms with Crippen LogP contribution >= 0.6 is 0 Å². The fourth-order valence-corrected chi connectivity index (χ4v) is 2.83. The zero-order valence-electron chi connectivity index (χ0n) is 16.5. The molecule has 0 saturated heterocycles. The largest absolute Gasteiger partial charge is 0.465 e. The highest BCUT2D eigenvalue weighted by Crippen LogP contribution is 2.29. The van der Waals surface area contributed by atoms with Gasteiger partial charge in [-0.25, -0.2) is 9.79 Å². The highest BCUT2D eigenvalue weighted by atomic mass is 16.5. The molecule has 0 radical (unpaired) electrons. The van der Waals surface area contributed by atoms with Crippen LogP contribution in [0.1, 0.15) is 56.0 Å². The van der Waals surface area contributed by atoms with E-state index in [0.29, 0.717) is 12.1 Å². The van der Waals surface area contributed by atoms with E-state index >= 15 is 0 Å². The summed E-state index contributed by atoms with van der Waals surface area (Å²) in [6, 6.07) is 7.26. The number of nitrogens with zero attached hydrogens (tertiary/aromatic N) is 1. The molecule has 0 aliphatic carbocycles. The summed E-state index contributed by atoms with van der Waals surface area (Å²) >= 11 is 0. The number of guanidine groups is 1. The molecule has 0 saturated carbocycles. The van der Waals surface area contributed by atoms with Crippen LogP contribution in [0.2, 0.25) is 0 Å². The minimum Gasteiger partial charge on any atom is -0.465 e. The van der Waals surface area contributed by atoms with Crippen molar-refractivity contribution < 1.29 is 14.6 Å². The molecule has 3 N–H and O–H groups in total. The number of esters is 1. The number of aliphatic imine (C=N–C) groups is 1.